The van der Waals surface area contributed by atoms with Crippen molar-refractivity contribution in [1.29, 1.82) is 0 Å². The summed E-state index contributed by atoms with van der Waals surface area (Å²) < 4.78 is 3.30. The van der Waals surface area contributed by atoms with Crippen molar-refractivity contribution in [3.05, 3.63) is 105 Å². The Morgan fingerprint density at radius 1 is 1.03 bits per heavy atom. The molecule has 1 aromatic heterocycles. The van der Waals surface area contributed by atoms with Crippen molar-refractivity contribution in [3.63, 3.8) is 0 Å². The number of hydrogen-bond donors (Lipinski definition) is 1. The molecule has 0 spiro atoms. The Bertz CT molecular complexity index is 1200. The summed E-state index contributed by atoms with van der Waals surface area (Å²) >= 11 is 2.19. The molecule has 144 valence electrons. The van der Waals surface area contributed by atoms with Gasteiger partial charge in [-0.2, -0.15) is 5.10 Å². The summed E-state index contributed by atoms with van der Waals surface area (Å²) in [5, 5.41) is 5.36. The van der Waals surface area contributed by atoms with E-state index in [9.17, 15) is 4.79 Å². The summed E-state index contributed by atoms with van der Waals surface area (Å²) in [6.45, 7) is 2.88. The highest BCUT2D eigenvalue weighted by Gasteiger charge is 2.13. The fourth-order valence-corrected chi connectivity index (χ4v) is 3.98. The van der Waals surface area contributed by atoms with E-state index in [4.69, 9.17) is 0 Å². The Balaban J connectivity index is 1.63. The molecular weight excluding hydrogens is 473 g/mol. The number of nitrogens with one attached hydrogen (secondary N) is 1. The molecule has 4 rings (SSSR count). The molecular formula is C24H20IN3O. The predicted molar refractivity (Wildman–Crippen MR) is 126 cm³/mol. The topological polar surface area (TPSA) is 46.4 Å². The smallest absolute Gasteiger partial charge is 0.271 e. The molecule has 0 saturated carbocycles. The molecule has 4 aromatic rings. The lowest BCUT2D eigenvalue weighted by Crippen LogP contribution is -2.17. The highest BCUT2D eigenvalue weighted by molar-refractivity contribution is 14.1. The summed E-state index contributed by atoms with van der Waals surface area (Å²) in [7, 11) is 0. The van der Waals surface area contributed by atoms with Crippen LogP contribution in [0.3, 0.4) is 0 Å². The zero-order valence-electron chi connectivity index (χ0n) is 16.0. The van der Waals surface area contributed by atoms with E-state index in [1.807, 2.05) is 36.4 Å². The number of hydrogen-bond acceptors (Lipinski definition) is 2. The third-order valence-electron chi connectivity index (χ3n) is 4.91. The van der Waals surface area contributed by atoms with Gasteiger partial charge < -0.3 is 4.57 Å². The third-order valence-corrected chi connectivity index (χ3v) is 5.58. The Kier molecular flexibility index (Phi) is 5.76. The normalized spacial score (nSPS) is 11.2. The van der Waals surface area contributed by atoms with Gasteiger partial charge >= 0.3 is 0 Å². The van der Waals surface area contributed by atoms with E-state index in [0.717, 1.165) is 32.3 Å². The predicted octanol–water partition coefficient (Wildman–Crippen LogP) is 5.37. The number of fused-ring (bicyclic) bond motifs is 1. The zero-order chi connectivity index (χ0) is 20.2. The molecule has 0 aliphatic carbocycles. The number of nitrogens with zero attached hydrogens (tertiary/aromatic N) is 2. The number of amides is 1. The SMILES string of the molecule is Cc1c(C=NNC(=O)c2cccc(I)c2)c2ccccc2n1Cc1ccccc1. The molecule has 0 fully saturated rings. The van der Waals surface area contributed by atoms with Crippen LogP contribution in [0.25, 0.3) is 10.9 Å². The minimum absolute atomic E-state index is 0.217. The molecule has 5 heteroatoms. The van der Waals surface area contributed by atoms with Crippen LogP contribution in [0, 0.1) is 10.5 Å². The van der Waals surface area contributed by atoms with Gasteiger partial charge in [-0.1, -0.05) is 54.6 Å². The van der Waals surface area contributed by atoms with Crippen LogP contribution in [-0.4, -0.2) is 16.7 Å². The molecule has 0 atom stereocenters. The first-order valence-electron chi connectivity index (χ1n) is 9.34. The van der Waals surface area contributed by atoms with Crippen LogP contribution in [0.15, 0.2) is 84.0 Å². The summed E-state index contributed by atoms with van der Waals surface area (Å²) in [4.78, 5) is 12.3. The van der Waals surface area contributed by atoms with Crippen LogP contribution in [0.4, 0.5) is 0 Å². The molecule has 0 aliphatic heterocycles. The fourth-order valence-electron chi connectivity index (χ4n) is 3.44. The van der Waals surface area contributed by atoms with Crippen molar-refractivity contribution in [2.75, 3.05) is 0 Å². The lowest BCUT2D eigenvalue weighted by molar-refractivity contribution is 0.0955. The van der Waals surface area contributed by atoms with Crippen molar-refractivity contribution in [1.82, 2.24) is 9.99 Å². The molecule has 0 unspecified atom stereocenters. The second-order valence-electron chi connectivity index (χ2n) is 6.80. The lowest BCUT2D eigenvalue weighted by atomic mass is 10.1. The first kappa shape index (κ1) is 19.4. The Morgan fingerprint density at radius 2 is 1.79 bits per heavy atom. The van der Waals surface area contributed by atoms with Gasteiger partial charge in [0.05, 0.1) is 6.21 Å². The molecule has 1 heterocycles. The molecule has 29 heavy (non-hydrogen) atoms. The van der Waals surface area contributed by atoms with Crippen molar-refractivity contribution in [2.24, 2.45) is 5.10 Å². The van der Waals surface area contributed by atoms with Crippen LogP contribution in [0.5, 0.6) is 0 Å². The Morgan fingerprint density at radius 3 is 2.59 bits per heavy atom. The van der Waals surface area contributed by atoms with E-state index >= 15 is 0 Å². The van der Waals surface area contributed by atoms with Gasteiger partial charge in [-0.15, -0.1) is 0 Å². The van der Waals surface area contributed by atoms with Crippen molar-refractivity contribution in [2.45, 2.75) is 13.5 Å². The molecule has 1 N–H and O–H groups in total. The van der Waals surface area contributed by atoms with E-state index in [2.05, 4.69) is 81.0 Å². The number of benzene rings is 3. The van der Waals surface area contributed by atoms with Crippen molar-refractivity contribution < 1.29 is 4.79 Å². The molecule has 0 aliphatic rings. The molecule has 0 radical (unpaired) electrons. The van der Waals surface area contributed by atoms with Gasteiger partial charge in [0, 0.05) is 37.8 Å². The van der Waals surface area contributed by atoms with E-state index in [0.29, 0.717) is 5.56 Å². The standard InChI is InChI=1S/C24H20IN3O/c1-17-22(15-26-27-24(29)19-10-7-11-20(25)14-19)21-12-5-6-13-23(21)28(17)16-18-8-3-2-4-9-18/h2-15H,16H2,1H3,(H,27,29). The number of carbonyl (C=O) groups excluding carboxylic acids is 1. The maximum Gasteiger partial charge on any atom is 0.271 e. The van der Waals surface area contributed by atoms with Gasteiger partial charge in [0.1, 0.15) is 0 Å². The number of halogens is 1. The van der Waals surface area contributed by atoms with Crippen LogP contribution in [0.1, 0.15) is 27.2 Å². The van der Waals surface area contributed by atoms with E-state index < -0.39 is 0 Å². The Labute approximate surface area is 183 Å². The molecule has 1 amide bonds. The second-order valence-corrected chi connectivity index (χ2v) is 8.04. The quantitative estimate of drug-likeness (QED) is 0.227. The maximum atomic E-state index is 12.3. The number of rotatable bonds is 5. The van der Waals surface area contributed by atoms with Gasteiger partial charge in [-0.05, 0) is 59.3 Å². The van der Waals surface area contributed by atoms with Crippen molar-refractivity contribution in [3.8, 4) is 0 Å². The lowest BCUT2D eigenvalue weighted by Gasteiger charge is -2.08. The van der Waals surface area contributed by atoms with Crippen LogP contribution < -0.4 is 5.43 Å². The summed E-state index contributed by atoms with van der Waals surface area (Å²) in [5.41, 5.74) is 7.76. The van der Waals surface area contributed by atoms with Gasteiger partial charge in [0.15, 0.2) is 0 Å². The van der Waals surface area contributed by atoms with E-state index in [-0.39, 0.29) is 5.91 Å². The van der Waals surface area contributed by atoms with Gasteiger partial charge in [-0.3, -0.25) is 4.79 Å². The van der Waals surface area contributed by atoms with Crippen LogP contribution in [0.2, 0.25) is 0 Å². The average molecular weight is 493 g/mol. The average Bonchev–Trinajstić information content (AvgIpc) is 3.00. The van der Waals surface area contributed by atoms with Gasteiger partial charge in [-0.25, -0.2) is 5.43 Å². The first-order chi connectivity index (χ1) is 14.1. The number of hydrazone groups is 1. The summed E-state index contributed by atoms with van der Waals surface area (Å²) in [5.74, 6) is -0.217. The highest BCUT2D eigenvalue weighted by atomic mass is 127. The second kappa shape index (κ2) is 8.61. The van der Waals surface area contributed by atoms with E-state index in [1.165, 1.54) is 5.56 Å². The molecule has 4 nitrogen and oxygen atoms in total. The maximum absolute atomic E-state index is 12.3. The molecule has 3 aromatic carbocycles. The third kappa shape index (κ3) is 4.24. The molecule has 0 bridgehead atoms. The minimum Gasteiger partial charge on any atom is -0.340 e. The largest absolute Gasteiger partial charge is 0.340 e. The minimum atomic E-state index is -0.217. The first-order valence-corrected chi connectivity index (χ1v) is 10.4. The summed E-state index contributed by atoms with van der Waals surface area (Å²) in [6, 6.07) is 26.1. The van der Waals surface area contributed by atoms with Gasteiger partial charge in [0.2, 0.25) is 0 Å². The Hall–Kier alpha value is -2.93. The van der Waals surface area contributed by atoms with E-state index in [1.54, 1.807) is 12.3 Å². The number of carbonyl (C=O) groups is 1. The zero-order valence-corrected chi connectivity index (χ0v) is 18.1. The number of aromatic nitrogens is 1. The van der Waals surface area contributed by atoms with Crippen LogP contribution >= 0.6 is 22.6 Å². The monoisotopic (exact) mass is 493 g/mol. The number of para-hydroxylation sites is 1. The summed E-state index contributed by atoms with van der Waals surface area (Å²) in [6.07, 6.45) is 1.74. The van der Waals surface area contributed by atoms with Crippen LogP contribution in [-0.2, 0) is 6.54 Å². The highest BCUT2D eigenvalue weighted by Crippen LogP contribution is 2.25. The van der Waals surface area contributed by atoms with Gasteiger partial charge in [0.25, 0.3) is 5.91 Å². The van der Waals surface area contributed by atoms with Crippen molar-refractivity contribution >= 4 is 45.6 Å². The fraction of sp³-hybridized carbons (Fsp3) is 0.0833. The molecule has 0 saturated heterocycles.